The molecule has 0 saturated heterocycles. The molecule has 0 aromatic rings. The molecule has 0 aliphatic carbocycles. The quantitative estimate of drug-likeness (QED) is 0.325. The molecule has 0 saturated carbocycles. The van der Waals surface area contributed by atoms with Crippen molar-refractivity contribution >= 4 is 24.9 Å². The van der Waals surface area contributed by atoms with E-state index in [9.17, 15) is 0 Å². The molecule has 0 unspecified atom stereocenters. The van der Waals surface area contributed by atoms with Crippen molar-refractivity contribution < 1.29 is 0 Å². The van der Waals surface area contributed by atoms with E-state index in [1.54, 1.807) is 7.05 Å². The Bertz CT molecular complexity index is 24.1. The predicted octanol–water partition coefficient (Wildman–Crippen LogP) is 0.556. The van der Waals surface area contributed by atoms with Crippen molar-refractivity contribution in [2.75, 3.05) is 7.05 Å². The van der Waals surface area contributed by atoms with E-state index in [0.29, 0.717) is 0 Å². The van der Waals surface area contributed by atoms with Gasteiger partial charge in [-0.2, -0.15) is 0 Å². The molecule has 7 heavy (non-hydrogen) atoms. The van der Waals surface area contributed by atoms with Crippen LogP contribution in [0.5, 0.6) is 0 Å². The van der Waals surface area contributed by atoms with Crippen molar-refractivity contribution in [3.05, 3.63) is 0 Å². The van der Waals surface area contributed by atoms with Gasteiger partial charge in [-0.15, -0.1) is 0 Å². The Morgan fingerprint density at radius 2 is 1.57 bits per heavy atom. The second kappa shape index (κ2) is 9.96. The molecule has 0 aliphatic rings. The van der Waals surface area contributed by atoms with Crippen molar-refractivity contribution in [2.24, 2.45) is 5.84 Å². The molecule has 0 spiro atoms. The second-order valence-corrected chi connectivity index (χ2v) is 10.1. The van der Waals surface area contributed by atoms with Crippen LogP contribution >= 0.6 is 9.64 Å². The number of rotatable bonds is 0. The first-order valence-corrected chi connectivity index (χ1v) is 10.2. The number of nitrogens with two attached hydrogens (primary N) is 1. The van der Waals surface area contributed by atoms with Crippen LogP contribution in [0.1, 0.15) is 0 Å². The van der Waals surface area contributed by atoms with E-state index in [1.807, 2.05) is 0 Å². The molecule has 4 heteroatoms. The van der Waals surface area contributed by atoms with E-state index in [2.05, 4.69) is 22.2 Å². The minimum atomic E-state index is -1.01. The van der Waals surface area contributed by atoms with Crippen LogP contribution in [0.15, 0.2) is 0 Å². The van der Waals surface area contributed by atoms with E-state index in [-0.39, 0.29) is 0 Å². The predicted molar refractivity (Wildman–Crippen MR) is 36.6 cm³/mol. The monoisotopic (exact) mass is 180 g/mol. The fourth-order valence-electron chi connectivity index (χ4n) is 0. The van der Waals surface area contributed by atoms with Gasteiger partial charge in [-0.25, -0.2) is 0 Å². The standard InChI is InChI=1S/CH6N2.2CH3.ClH.Ga/c1-3-2;;;;/h3H,2H2,1H3;2*1H3;1H;/q;;;;+1/p-1. The first-order chi connectivity index (χ1) is 3.15. The molecule has 44 valence electrons. The zero-order valence-electron chi connectivity index (χ0n) is 5.03. The van der Waals surface area contributed by atoms with Crippen molar-refractivity contribution in [3.63, 3.8) is 0 Å². The molecule has 0 heterocycles. The molecule has 0 bridgehead atoms. The summed E-state index contributed by atoms with van der Waals surface area (Å²) in [6.07, 6.45) is 0. The number of hydrazine groups is 1. The molecule has 0 aliphatic heterocycles. The van der Waals surface area contributed by atoms with E-state index in [1.165, 1.54) is 0 Å². The van der Waals surface area contributed by atoms with Gasteiger partial charge in [-0.1, -0.05) is 0 Å². The Labute approximate surface area is 54.4 Å². The Morgan fingerprint density at radius 3 is 1.57 bits per heavy atom. The van der Waals surface area contributed by atoms with Crippen LogP contribution < -0.4 is 11.3 Å². The van der Waals surface area contributed by atoms with Crippen LogP contribution in [0, 0.1) is 0 Å². The maximum absolute atomic E-state index is 5.46. The summed E-state index contributed by atoms with van der Waals surface area (Å²) in [4.78, 5) is 0. The Hall–Kier alpha value is 0.846. The van der Waals surface area contributed by atoms with Gasteiger partial charge >= 0.3 is 35.8 Å². The zero-order valence-corrected chi connectivity index (χ0v) is 8.21. The molecule has 0 radical (unpaired) electrons. The van der Waals surface area contributed by atoms with E-state index in [0.717, 1.165) is 0 Å². The topological polar surface area (TPSA) is 38.0 Å². The molecule has 0 rings (SSSR count). The first kappa shape index (κ1) is 10.8. The fourth-order valence-corrected chi connectivity index (χ4v) is 0. The summed E-state index contributed by atoms with van der Waals surface area (Å²) in [6, 6.07) is 0. The Kier molecular flexibility index (Phi) is 15.3. The molecule has 0 amide bonds. The van der Waals surface area contributed by atoms with Gasteiger partial charge in [0, 0.05) is 0 Å². The summed E-state index contributed by atoms with van der Waals surface area (Å²) in [5.74, 6) is 4.60. The molecule has 2 nitrogen and oxygen atoms in total. The number of hydrogen-bond acceptors (Lipinski definition) is 2. The minimum absolute atomic E-state index is 1.01. The number of halogens is 1. The van der Waals surface area contributed by atoms with Crippen molar-refractivity contribution in [1.29, 1.82) is 0 Å². The third-order valence-electron chi connectivity index (χ3n) is 0. The average molecular weight is 181 g/mol. The van der Waals surface area contributed by atoms with Gasteiger partial charge < -0.3 is 0 Å². The number of hydrogen-bond donors (Lipinski definition) is 2. The van der Waals surface area contributed by atoms with Crippen LogP contribution in [-0.4, -0.2) is 22.3 Å². The van der Waals surface area contributed by atoms with Gasteiger partial charge in [0.25, 0.3) is 0 Å². The van der Waals surface area contributed by atoms with Crippen molar-refractivity contribution in [3.8, 4) is 0 Å². The maximum atomic E-state index is 5.46. The zero-order chi connectivity index (χ0) is 6.28. The van der Waals surface area contributed by atoms with E-state index >= 15 is 0 Å². The molecule has 0 aromatic heterocycles. The summed E-state index contributed by atoms with van der Waals surface area (Å²) in [5, 5.41) is 0. The van der Waals surface area contributed by atoms with Crippen molar-refractivity contribution in [2.45, 2.75) is 11.0 Å². The van der Waals surface area contributed by atoms with Crippen LogP contribution in [0.2, 0.25) is 11.0 Å². The molecular formula is C3H12ClGaN2. The van der Waals surface area contributed by atoms with Gasteiger partial charge in [0.2, 0.25) is 0 Å². The fraction of sp³-hybridized carbons (Fsp3) is 1.00. The second-order valence-electron chi connectivity index (χ2n) is 1.30. The molecule has 0 atom stereocenters. The summed E-state index contributed by atoms with van der Waals surface area (Å²) >= 11 is -1.01. The average Bonchev–Trinajstić information content (AvgIpc) is 1.33. The number of nitrogens with one attached hydrogen (secondary N) is 1. The summed E-state index contributed by atoms with van der Waals surface area (Å²) in [5.41, 5.74) is 6.49. The van der Waals surface area contributed by atoms with Crippen LogP contribution in [0.3, 0.4) is 0 Å². The summed E-state index contributed by atoms with van der Waals surface area (Å²) in [7, 11) is 7.11. The van der Waals surface area contributed by atoms with Crippen molar-refractivity contribution in [1.82, 2.24) is 5.43 Å². The van der Waals surface area contributed by atoms with Gasteiger partial charge in [-0.3, -0.25) is 11.3 Å². The van der Waals surface area contributed by atoms with Gasteiger partial charge in [0.05, 0.1) is 0 Å². The third-order valence-corrected chi connectivity index (χ3v) is 0. The Balaban J connectivity index is 0. The van der Waals surface area contributed by atoms with Gasteiger partial charge in [0.15, 0.2) is 0 Å². The van der Waals surface area contributed by atoms with E-state index < -0.39 is 15.2 Å². The van der Waals surface area contributed by atoms with E-state index in [4.69, 9.17) is 9.64 Å². The molecule has 0 fully saturated rings. The van der Waals surface area contributed by atoms with Gasteiger partial charge in [-0.05, 0) is 7.05 Å². The SMILES string of the molecule is CNN.[CH3][Ga]([CH3])[Cl]. The molecule has 3 N–H and O–H groups in total. The van der Waals surface area contributed by atoms with Crippen LogP contribution in [0.25, 0.3) is 0 Å². The van der Waals surface area contributed by atoms with Crippen LogP contribution in [-0.2, 0) is 0 Å². The van der Waals surface area contributed by atoms with Crippen LogP contribution in [0.4, 0.5) is 0 Å². The molecule has 0 aromatic carbocycles. The van der Waals surface area contributed by atoms with Gasteiger partial charge in [0.1, 0.15) is 0 Å². The summed E-state index contributed by atoms with van der Waals surface area (Å²) < 4.78 is 0. The molecular weight excluding hydrogens is 169 g/mol. The summed E-state index contributed by atoms with van der Waals surface area (Å²) in [6.45, 7) is 0. The third kappa shape index (κ3) is 224. The first-order valence-electron chi connectivity index (χ1n) is 2.16. The normalized spacial score (nSPS) is 6.43. The Morgan fingerprint density at radius 1 is 1.57 bits per heavy atom.